The summed E-state index contributed by atoms with van der Waals surface area (Å²) in [5, 5.41) is 4.54. The lowest BCUT2D eigenvalue weighted by molar-refractivity contribution is -0.115. The van der Waals surface area contributed by atoms with E-state index in [0.29, 0.717) is 11.0 Å². The van der Waals surface area contributed by atoms with Gasteiger partial charge in [-0.05, 0) is 19.1 Å². The number of aromatic nitrogens is 4. The van der Waals surface area contributed by atoms with E-state index in [4.69, 9.17) is 0 Å². The van der Waals surface area contributed by atoms with Gasteiger partial charge >= 0.3 is 0 Å². The molecule has 1 aromatic carbocycles. The summed E-state index contributed by atoms with van der Waals surface area (Å²) in [5.41, 5.74) is 4.42. The summed E-state index contributed by atoms with van der Waals surface area (Å²) in [6.07, 6.45) is 2.72. The van der Waals surface area contributed by atoms with Gasteiger partial charge in [-0.2, -0.15) is 5.10 Å². The molecule has 2 heterocycles. The van der Waals surface area contributed by atoms with Gasteiger partial charge in [0.15, 0.2) is 5.65 Å². The lowest BCUT2D eigenvalue weighted by Gasteiger charge is -2.06. The smallest absolute Gasteiger partial charge is 0.274 e. The number of rotatable bonds is 2. The second-order valence-corrected chi connectivity index (χ2v) is 4.72. The first-order valence-electron chi connectivity index (χ1n) is 6.36. The molecule has 3 aromatic rings. The van der Waals surface area contributed by atoms with Gasteiger partial charge in [0, 0.05) is 6.92 Å². The maximum absolute atomic E-state index is 12.2. The summed E-state index contributed by atoms with van der Waals surface area (Å²) in [4.78, 5) is 27.5. The second kappa shape index (κ2) is 4.86. The molecule has 3 rings (SSSR count). The molecule has 1 N–H and O–H groups in total. The van der Waals surface area contributed by atoms with E-state index in [1.807, 2.05) is 31.2 Å². The second-order valence-electron chi connectivity index (χ2n) is 4.72. The lowest BCUT2D eigenvalue weighted by Crippen LogP contribution is -2.31. The Morgan fingerprint density at radius 3 is 2.62 bits per heavy atom. The van der Waals surface area contributed by atoms with Gasteiger partial charge in [-0.3, -0.25) is 15.0 Å². The standard InChI is InChI=1S/C14H13N5O2/c1-9-3-5-11(6-4-9)19-13-12(7-16-19)14(21)18(8-15-13)17-10(2)20/h3-8H,1-2H3,(H,17,20). The van der Waals surface area contributed by atoms with Crippen LogP contribution in [0, 0.1) is 6.92 Å². The number of amides is 1. The van der Waals surface area contributed by atoms with Crippen molar-refractivity contribution in [2.24, 2.45) is 0 Å². The van der Waals surface area contributed by atoms with Gasteiger partial charge in [-0.1, -0.05) is 17.7 Å². The molecule has 0 saturated heterocycles. The van der Waals surface area contributed by atoms with Crippen molar-refractivity contribution in [1.29, 1.82) is 0 Å². The lowest BCUT2D eigenvalue weighted by atomic mass is 10.2. The third-order valence-corrected chi connectivity index (χ3v) is 3.04. The van der Waals surface area contributed by atoms with Crippen LogP contribution in [0.3, 0.4) is 0 Å². The van der Waals surface area contributed by atoms with E-state index < -0.39 is 0 Å². The fourth-order valence-corrected chi connectivity index (χ4v) is 2.04. The molecule has 7 nitrogen and oxygen atoms in total. The molecule has 0 aliphatic rings. The van der Waals surface area contributed by atoms with Gasteiger partial charge in [-0.15, -0.1) is 0 Å². The molecule has 106 valence electrons. The highest BCUT2D eigenvalue weighted by Gasteiger charge is 2.11. The minimum atomic E-state index is -0.367. The van der Waals surface area contributed by atoms with E-state index in [0.717, 1.165) is 15.9 Å². The van der Waals surface area contributed by atoms with E-state index in [1.165, 1.54) is 19.4 Å². The first-order chi connectivity index (χ1) is 10.1. The minimum absolute atomic E-state index is 0.340. The van der Waals surface area contributed by atoms with Crippen LogP contribution in [-0.4, -0.2) is 25.3 Å². The summed E-state index contributed by atoms with van der Waals surface area (Å²) in [6.45, 7) is 3.32. The highest BCUT2D eigenvalue weighted by atomic mass is 16.2. The first-order valence-corrected chi connectivity index (χ1v) is 6.36. The van der Waals surface area contributed by atoms with Crippen molar-refractivity contribution < 1.29 is 4.79 Å². The van der Waals surface area contributed by atoms with Crippen molar-refractivity contribution in [2.75, 3.05) is 5.43 Å². The molecule has 0 aliphatic carbocycles. The highest BCUT2D eigenvalue weighted by Crippen LogP contribution is 2.13. The van der Waals surface area contributed by atoms with Crippen molar-refractivity contribution in [3.05, 3.63) is 52.7 Å². The third kappa shape index (κ3) is 2.29. The number of nitrogens with zero attached hydrogens (tertiary/aromatic N) is 4. The van der Waals surface area contributed by atoms with Crippen LogP contribution >= 0.6 is 0 Å². The number of fused-ring (bicyclic) bond motifs is 1. The zero-order valence-corrected chi connectivity index (χ0v) is 11.6. The van der Waals surface area contributed by atoms with Gasteiger partial charge in [-0.25, -0.2) is 14.3 Å². The number of nitrogens with one attached hydrogen (secondary N) is 1. The Kier molecular flexibility index (Phi) is 3.02. The fraction of sp³-hybridized carbons (Fsp3) is 0.143. The van der Waals surface area contributed by atoms with Gasteiger partial charge in [0.1, 0.15) is 11.7 Å². The number of aryl methyl sites for hydroxylation is 1. The Balaban J connectivity index is 2.15. The summed E-state index contributed by atoms with van der Waals surface area (Å²) in [7, 11) is 0. The van der Waals surface area contributed by atoms with Gasteiger partial charge in [0.2, 0.25) is 5.91 Å². The molecular formula is C14H13N5O2. The molecular weight excluding hydrogens is 270 g/mol. The van der Waals surface area contributed by atoms with Crippen LogP contribution in [0.25, 0.3) is 16.7 Å². The van der Waals surface area contributed by atoms with Gasteiger partial charge in [0.25, 0.3) is 5.56 Å². The van der Waals surface area contributed by atoms with E-state index in [1.54, 1.807) is 4.68 Å². The molecule has 2 aromatic heterocycles. The molecule has 0 radical (unpaired) electrons. The zero-order chi connectivity index (χ0) is 15.0. The largest absolute Gasteiger partial charge is 0.283 e. The van der Waals surface area contributed by atoms with Crippen molar-refractivity contribution in [1.82, 2.24) is 19.4 Å². The third-order valence-electron chi connectivity index (χ3n) is 3.04. The highest BCUT2D eigenvalue weighted by molar-refractivity contribution is 5.81. The van der Waals surface area contributed by atoms with Gasteiger partial charge in [0.05, 0.1) is 11.9 Å². The fourth-order valence-electron chi connectivity index (χ4n) is 2.04. The minimum Gasteiger partial charge on any atom is -0.274 e. The van der Waals surface area contributed by atoms with Crippen molar-refractivity contribution in [3.8, 4) is 5.69 Å². The number of hydrogen-bond donors (Lipinski definition) is 1. The quantitative estimate of drug-likeness (QED) is 0.760. The Labute approximate surface area is 119 Å². The molecule has 0 spiro atoms. The number of benzene rings is 1. The Bertz CT molecular complexity index is 877. The molecule has 0 fully saturated rings. The Morgan fingerprint density at radius 1 is 1.24 bits per heavy atom. The normalized spacial score (nSPS) is 10.8. The van der Waals surface area contributed by atoms with Crippen molar-refractivity contribution in [2.45, 2.75) is 13.8 Å². The van der Waals surface area contributed by atoms with Crippen molar-refractivity contribution in [3.63, 3.8) is 0 Å². The topological polar surface area (TPSA) is 81.8 Å². The van der Waals surface area contributed by atoms with E-state index in [9.17, 15) is 9.59 Å². The molecule has 0 unspecified atom stereocenters. The monoisotopic (exact) mass is 283 g/mol. The van der Waals surface area contributed by atoms with Crippen LogP contribution in [0.15, 0.2) is 41.6 Å². The first kappa shape index (κ1) is 13.0. The molecule has 0 bridgehead atoms. The van der Waals surface area contributed by atoms with Crippen molar-refractivity contribution >= 4 is 16.9 Å². The Hall–Kier alpha value is -2.96. The maximum Gasteiger partial charge on any atom is 0.283 e. The average molecular weight is 283 g/mol. The zero-order valence-electron chi connectivity index (χ0n) is 11.6. The molecule has 0 atom stereocenters. The number of carbonyl (C=O) groups is 1. The van der Waals surface area contributed by atoms with E-state index >= 15 is 0 Å². The molecule has 1 amide bonds. The Morgan fingerprint density at radius 2 is 1.95 bits per heavy atom. The SMILES string of the molecule is CC(=O)Nn1cnc2c(cnn2-c2ccc(C)cc2)c1=O. The van der Waals surface area contributed by atoms with Crippen LogP contribution in [-0.2, 0) is 4.79 Å². The summed E-state index contributed by atoms with van der Waals surface area (Å²) in [6, 6.07) is 7.73. The summed E-state index contributed by atoms with van der Waals surface area (Å²) < 4.78 is 2.64. The van der Waals surface area contributed by atoms with Crippen LogP contribution in [0.1, 0.15) is 12.5 Å². The molecule has 0 saturated carbocycles. The van der Waals surface area contributed by atoms with Crippen LogP contribution < -0.4 is 11.0 Å². The number of hydrogen-bond acceptors (Lipinski definition) is 4. The molecule has 0 aliphatic heterocycles. The predicted octanol–water partition coefficient (Wildman–Crippen LogP) is 0.981. The van der Waals surface area contributed by atoms with Crippen LogP contribution in [0.4, 0.5) is 0 Å². The molecule has 21 heavy (non-hydrogen) atoms. The van der Waals surface area contributed by atoms with E-state index in [2.05, 4.69) is 15.5 Å². The summed E-state index contributed by atoms with van der Waals surface area (Å²) >= 11 is 0. The summed E-state index contributed by atoms with van der Waals surface area (Å²) in [5.74, 6) is -0.343. The predicted molar refractivity (Wildman–Crippen MR) is 77.9 cm³/mol. The van der Waals surface area contributed by atoms with Gasteiger partial charge < -0.3 is 0 Å². The maximum atomic E-state index is 12.2. The number of carbonyl (C=O) groups excluding carboxylic acids is 1. The van der Waals surface area contributed by atoms with E-state index in [-0.39, 0.29) is 11.5 Å². The average Bonchev–Trinajstić information content (AvgIpc) is 2.87. The van der Waals surface area contributed by atoms with Crippen LogP contribution in [0.2, 0.25) is 0 Å². The van der Waals surface area contributed by atoms with Crippen LogP contribution in [0.5, 0.6) is 0 Å². The molecule has 7 heteroatoms.